The van der Waals surface area contributed by atoms with Crippen LogP contribution in [0.25, 0.3) is 0 Å². The van der Waals surface area contributed by atoms with Crippen molar-refractivity contribution in [3.8, 4) is 0 Å². The first kappa shape index (κ1) is 12.6. The first-order valence-corrected chi connectivity index (χ1v) is 6.65. The highest BCUT2D eigenvalue weighted by atomic mass is 15.3. The zero-order valence-corrected chi connectivity index (χ0v) is 11.3. The quantitative estimate of drug-likeness (QED) is 0.787. The molecule has 1 aromatic rings. The molecule has 0 spiro atoms. The number of nitrogens with zero attached hydrogens (tertiary/aromatic N) is 2. The van der Waals surface area contributed by atoms with E-state index in [1.807, 2.05) is 0 Å². The average molecular weight is 232 g/mol. The zero-order valence-electron chi connectivity index (χ0n) is 11.3. The molecule has 0 bridgehead atoms. The van der Waals surface area contributed by atoms with Crippen LogP contribution >= 0.6 is 0 Å². The topological polar surface area (TPSA) is 6.48 Å². The summed E-state index contributed by atoms with van der Waals surface area (Å²) < 4.78 is 0. The molecular weight excluding hydrogens is 208 g/mol. The molecule has 1 fully saturated rings. The van der Waals surface area contributed by atoms with Crippen molar-refractivity contribution in [2.24, 2.45) is 0 Å². The molecule has 0 saturated carbocycles. The molecule has 0 aromatic heterocycles. The van der Waals surface area contributed by atoms with Crippen LogP contribution in [0.4, 0.5) is 0 Å². The number of likely N-dealkylation sites (N-methyl/N-ethyl adjacent to an activating group) is 1. The minimum absolute atomic E-state index is 0.617. The maximum atomic E-state index is 2.64. The van der Waals surface area contributed by atoms with Gasteiger partial charge in [0, 0.05) is 25.2 Å². The summed E-state index contributed by atoms with van der Waals surface area (Å²) >= 11 is 0. The van der Waals surface area contributed by atoms with Crippen LogP contribution in [0.1, 0.15) is 25.8 Å². The Morgan fingerprint density at radius 2 is 2.00 bits per heavy atom. The molecule has 0 amide bonds. The predicted molar refractivity (Wildman–Crippen MR) is 73.0 cm³/mol. The van der Waals surface area contributed by atoms with E-state index in [1.54, 1.807) is 0 Å². The van der Waals surface area contributed by atoms with E-state index in [0.717, 1.165) is 12.6 Å². The molecule has 1 saturated heterocycles. The lowest BCUT2D eigenvalue weighted by Gasteiger charge is -2.32. The Morgan fingerprint density at radius 1 is 1.29 bits per heavy atom. The van der Waals surface area contributed by atoms with Gasteiger partial charge >= 0.3 is 0 Å². The molecule has 1 heterocycles. The Hall–Kier alpha value is -0.860. The first-order chi connectivity index (χ1) is 8.16. The molecule has 0 aliphatic carbocycles. The van der Waals surface area contributed by atoms with Gasteiger partial charge in [-0.05, 0) is 39.4 Å². The third-order valence-electron chi connectivity index (χ3n) is 3.71. The molecule has 1 aliphatic rings. The Kier molecular flexibility index (Phi) is 4.19. The van der Waals surface area contributed by atoms with Gasteiger partial charge in [0.25, 0.3) is 0 Å². The number of likely N-dealkylation sites (tertiary alicyclic amines) is 1. The van der Waals surface area contributed by atoms with Crippen molar-refractivity contribution in [3.05, 3.63) is 35.9 Å². The molecule has 94 valence electrons. The van der Waals surface area contributed by atoms with Crippen LogP contribution in [-0.2, 0) is 6.54 Å². The number of benzene rings is 1. The van der Waals surface area contributed by atoms with Gasteiger partial charge in [0.1, 0.15) is 0 Å². The molecular formula is C15H24N2. The fraction of sp³-hybridized carbons (Fsp3) is 0.600. The first-order valence-electron chi connectivity index (χ1n) is 6.65. The van der Waals surface area contributed by atoms with E-state index in [9.17, 15) is 0 Å². The fourth-order valence-corrected chi connectivity index (χ4v) is 2.71. The third kappa shape index (κ3) is 3.30. The standard InChI is InChI=1S/C15H24N2/c1-13(2)17(15-9-10-16(3)12-15)11-14-7-5-4-6-8-14/h4-8,13,15H,9-12H2,1-3H3. The van der Waals surface area contributed by atoms with Gasteiger partial charge in [-0.15, -0.1) is 0 Å². The van der Waals surface area contributed by atoms with Gasteiger partial charge in [-0.3, -0.25) is 4.90 Å². The molecule has 17 heavy (non-hydrogen) atoms. The summed E-state index contributed by atoms with van der Waals surface area (Å²) in [4.78, 5) is 5.07. The van der Waals surface area contributed by atoms with Crippen LogP contribution in [0.3, 0.4) is 0 Å². The lowest BCUT2D eigenvalue weighted by molar-refractivity contribution is 0.147. The van der Waals surface area contributed by atoms with Crippen molar-refractivity contribution in [3.63, 3.8) is 0 Å². The third-order valence-corrected chi connectivity index (χ3v) is 3.71. The van der Waals surface area contributed by atoms with Crippen LogP contribution in [0.5, 0.6) is 0 Å². The van der Waals surface area contributed by atoms with Crippen LogP contribution in [0.2, 0.25) is 0 Å². The Bertz CT molecular complexity index is 334. The molecule has 2 heteroatoms. The van der Waals surface area contributed by atoms with Crippen LogP contribution in [-0.4, -0.2) is 42.0 Å². The number of hydrogen-bond acceptors (Lipinski definition) is 2. The van der Waals surface area contributed by atoms with E-state index in [1.165, 1.54) is 25.1 Å². The van der Waals surface area contributed by atoms with Gasteiger partial charge < -0.3 is 4.90 Å². The van der Waals surface area contributed by atoms with Gasteiger partial charge in [-0.25, -0.2) is 0 Å². The average Bonchev–Trinajstić information content (AvgIpc) is 2.73. The second-order valence-corrected chi connectivity index (χ2v) is 5.46. The van der Waals surface area contributed by atoms with Gasteiger partial charge in [0.2, 0.25) is 0 Å². The Labute approximate surface area is 105 Å². The Morgan fingerprint density at radius 3 is 2.53 bits per heavy atom. The molecule has 0 N–H and O–H groups in total. The number of rotatable bonds is 4. The molecule has 1 aliphatic heterocycles. The summed E-state index contributed by atoms with van der Waals surface area (Å²) in [5, 5.41) is 0. The lowest BCUT2D eigenvalue weighted by atomic mass is 10.1. The summed E-state index contributed by atoms with van der Waals surface area (Å²) in [6.07, 6.45) is 1.31. The summed E-state index contributed by atoms with van der Waals surface area (Å²) in [6, 6.07) is 12.2. The Balaban J connectivity index is 2.03. The monoisotopic (exact) mass is 232 g/mol. The van der Waals surface area contributed by atoms with Crippen molar-refractivity contribution >= 4 is 0 Å². The van der Waals surface area contributed by atoms with E-state index < -0.39 is 0 Å². The maximum Gasteiger partial charge on any atom is 0.0241 e. The van der Waals surface area contributed by atoms with E-state index in [0.29, 0.717) is 6.04 Å². The van der Waals surface area contributed by atoms with Crippen LogP contribution in [0, 0.1) is 0 Å². The van der Waals surface area contributed by atoms with Crippen LogP contribution < -0.4 is 0 Å². The van der Waals surface area contributed by atoms with E-state index >= 15 is 0 Å². The highest BCUT2D eigenvalue weighted by Gasteiger charge is 2.27. The predicted octanol–water partition coefficient (Wildman–Crippen LogP) is 2.60. The highest BCUT2D eigenvalue weighted by Crippen LogP contribution is 2.19. The molecule has 1 aromatic carbocycles. The smallest absolute Gasteiger partial charge is 0.0241 e. The fourth-order valence-electron chi connectivity index (χ4n) is 2.71. The minimum atomic E-state index is 0.617. The summed E-state index contributed by atoms with van der Waals surface area (Å²) in [6.45, 7) is 8.15. The van der Waals surface area contributed by atoms with Crippen molar-refractivity contribution < 1.29 is 0 Å². The number of hydrogen-bond donors (Lipinski definition) is 0. The lowest BCUT2D eigenvalue weighted by Crippen LogP contribution is -2.41. The van der Waals surface area contributed by atoms with Crippen molar-refractivity contribution in [2.75, 3.05) is 20.1 Å². The molecule has 2 rings (SSSR count). The summed E-state index contributed by atoms with van der Waals surface area (Å²) in [7, 11) is 2.22. The van der Waals surface area contributed by atoms with Gasteiger partial charge in [0.05, 0.1) is 0 Å². The second-order valence-electron chi connectivity index (χ2n) is 5.46. The second kappa shape index (κ2) is 5.65. The van der Waals surface area contributed by atoms with Crippen molar-refractivity contribution in [2.45, 2.75) is 38.9 Å². The van der Waals surface area contributed by atoms with Gasteiger partial charge in [-0.2, -0.15) is 0 Å². The van der Waals surface area contributed by atoms with Crippen LogP contribution in [0.15, 0.2) is 30.3 Å². The summed E-state index contributed by atoms with van der Waals surface area (Å²) in [5.41, 5.74) is 1.43. The van der Waals surface area contributed by atoms with Crippen molar-refractivity contribution in [1.29, 1.82) is 0 Å². The van der Waals surface area contributed by atoms with E-state index in [4.69, 9.17) is 0 Å². The van der Waals surface area contributed by atoms with Crippen molar-refractivity contribution in [1.82, 2.24) is 9.80 Å². The molecule has 1 unspecified atom stereocenters. The highest BCUT2D eigenvalue weighted by molar-refractivity contribution is 5.14. The van der Waals surface area contributed by atoms with Gasteiger partial charge in [0.15, 0.2) is 0 Å². The zero-order chi connectivity index (χ0) is 12.3. The largest absolute Gasteiger partial charge is 0.305 e. The minimum Gasteiger partial charge on any atom is -0.305 e. The summed E-state index contributed by atoms with van der Waals surface area (Å²) in [5.74, 6) is 0. The maximum absolute atomic E-state index is 2.64. The molecule has 2 nitrogen and oxygen atoms in total. The normalized spacial score (nSPS) is 21.6. The molecule has 1 atom stereocenters. The van der Waals surface area contributed by atoms with Gasteiger partial charge in [-0.1, -0.05) is 30.3 Å². The van der Waals surface area contributed by atoms with E-state index in [-0.39, 0.29) is 0 Å². The van der Waals surface area contributed by atoms with E-state index in [2.05, 4.69) is 61.0 Å². The molecule has 0 radical (unpaired) electrons. The SMILES string of the molecule is CC(C)N(Cc1ccccc1)C1CCN(C)C1.